The minimum absolute atomic E-state index is 0.137. The van der Waals surface area contributed by atoms with Crippen LogP contribution in [0, 0.1) is 12.7 Å². The van der Waals surface area contributed by atoms with E-state index >= 15 is 0 Å². The third-order valence-electron chi connectivity index (χ3n) is 2.70. The molecule has 0 bridgehead atoms. The number of halogens is 1. The molecule has 2 rings (SSSR count). The second-order valence-electron chi connectivity index (χ2n) is 4.37. The van der Waals surface area contributed by atoms with Gasteiger partial charge in [-0.3, -0.25) is 9.59 Å². The van der Waals surface area contributed by atoms with Crippen molar-refractivity contribution in [3.05, 3.63) is 63.8 Å². The molecule has 6 heteroatoms. The molecule has 104 valence electrons. The minimum atomic E-state index is -0.326. The number of nitrogens with zero attached hydrogens (tertiary/aromatic N) is 2. The Hall–Kier alpha value is -2.50. The number of rotatable bonds is 4. The third-order valence-corrected chi connectivity index (χ3v) is 2.70. The van der Waals surface area contributed by atoms with Crippen LogP contribution in [0.2, 0.25) is 0 Å². The topological polar surface area (TPSA) is 64.0 Å². The molecule has 0 unspecified atom stereocenters. The number of aryl methyl sites for hydroxylation is 1. The van der Waals surface area contributed by atoms with Crippen molar-refractivity contribution in [3.63, 3.8) is 0 Å². The van der Waals surface area contributed by atoms with E-state index in [2.05, 4.69) is 10.4 Å². The number of hydrogen-bond donors (Lipinski definition) is 1. The van der Waals surface area contributed by atoms with Gasteiger partial charge < -0.3 is 5.32 Å². The Bertz CT molecular complexity index is 665. The van der Waals surface area contributed by atoms with E-state index in [0.29, 0.717) is 5.69 Å². The van der Waals surface area contributed by atoms with Crippen molar-refractivity contribution in [3.8, 4) is 0 Å². The van der Waals surface area contributed by atoms with E-state index in [1.165, 1.54) is 18.2 Å². The van der Waals surface area contributed by atoms with Crippen LogP contribution in [0.15, 0.2) is 41.2 Å². The van der Waals surface area contributed by atoms with E-state index in [1.807, 2.05) is 0 Å². The Morgan fingerprint density at radius 3 is 2.65 bits per heavy atom. The zero-order chi connectivity index (χ0) is 14.5. The van der Waals surface area contributed by atoms with Crippen molar-refractivity contribution in [1.29, 1.82) is 0 Å². The standard InChI is InChI=1S/C14H14FN3O2/c1-10-2-7-14(20)18(17-10)9-13(19)16-8-11-3-5-12(15)6-4-11/h2-7H,8-9H2,1H3,(H,16,19). The zero-order valence-electron chi connectivity index (χ0n) is 11.0. The lowest BCUT2D eigenvalue weighted by Crippen LogP contribution is -2.33. The van der Waals surface area contributed by atoms with Crippen LogP contribution in [-0.2, 0) is 17.9 Å². The van der Waals surface area contributed by atoms with Gasteiger partial charge in [-0.1, -0.05) is 12.1 Å². The third kappa shape index (κ3) is 3.74. The number of hydrogen-bond acceptors (Lipinski definition) is 3. The normalized spacial score (nSPS) is 10.3. The van der Waals surface area contributed by atoms with Crippen LogP contribution in [0.3, 0.4) is 0 Å². The first-order valence-electron chi connectivity index (χ1n) is 6.10. The van der Waals surface area contributed by atoms with Crippen molar-refractivity contribution in [2.75, 3.05) is 0 Å². The van der Waals surface area contributed by atoms with E-state index in [0.717, 1.165) is 10.2 Å². The van der Waals surface area contributed by atoms with Gasteiger partial charge in [0, 0.05) is 12.6 Å². The largest absolute Gasteiger partial charge is 0.350 e. The van der Waals surface area contributed by atoms with E-state index < -0.39 is 0 Å². The summed E-state index contributed by atoms with van der Waals surface area (Å²) in [6.07, 6.45) is 0. The van der Waals surface area contributed by atoms with Crippen LogP contribution < -0.4 is 10.9 Å². The summed E-state index contributed by atoms with van der Waals surface area (Å²) in [5.41, 5.74) is 1.12. The summed E-state index contributed by atoms with van der Waals surface area (Å²) < 4.78 is 13.8. The van der Waals surface area contributed by atoms with Crippen molar-refractivity contribution in [2.45, 2.75) is 20.0 Å². The first kappa shape index (κ1) is 13.9. The number of benzene rings is 1. The molecular weight excluding hydrogens is 261 g/mol. The summed E-state index contributed by atoms with van der Waals surface area (Å²) in [5.74, 6) is -0.648. The Labute approximate surface area is 115 Å². The highest BCUT2D eigenvalue weighted by Gasteiger charge is 2.05. The monoisotopic (exact) mass is 275 g/mol. The molecule has 0 spiro atoms. The minimum Gasteiger partial charge on any atom is -0.350 e. The Morgan fingerprint density at radius 1 is 1.25 bits per heavy atom. The predicted octanol–water partition coefficient (Wildman–Crippen LogP) is 1.01. The van der Waals surface area contributed by atoms with Gasteiger partial charge in [0.25, 0.3) is 5.56 Å². The molecule has 1 amide bonds. The molecule has 0 aliphatic heterocycles. The molecule has 2 aromatic rings. The predicted molar refractivity (Wildman–Crippen MR) is 71.5 cm³/mol. The molecule has 0 aliphatic carbocycles. The summed E-state index contributed by atoms with van der Waals surface area (Å²) in [6, 6.07) is 8.80. The van der Waals surface area contributed by atoms with Crippen molar-refractivity contribution in [1.82, 2.24) is 15.1 Å². The summed E-state index contributed by atoms with van der Waals surface area (Å²) in [4.78, 5) is 23.2. The fourth-order valence-electron chi connectivity index (χ4n) is 1.66. The number of carbonyl (C=O) groups excluding carboxylic acids is 1. The first-order chi connectivity index (χ1) is 9.54. The highest BCUT2D eigenvalue weighted by molar-refractivity contribution is 5.75. The van der Waals surface area contributed by atoms with E-state index in [-0.39, 0.29) is 30.4 Å². The maximum atomic E-state index is 12.7. The molecule has 0 saturated carbocycles. The van der Waals surface area contributed by atoms with Crippen molar-refractivity contribution < 1.29 is 9.18 Å². The Kier molecular flexibility index (Phi) is 4.24. The Balaban J connectivity index is 1.94. The van der Waals surface area contributed by atoms with Crippen molar-refractivity contribution >= 4 is 5.91 Å². The maximum Gasteiger partial charge on any atom is 0.267 e. The molecule has 0 saturated heterocycles. The summed E-state index contributed by atoms with van der Waals surface area (Å²) in [5, 5.41) is 6.63. The van der Waals surface area contributed by atoms with Crippen LogP contribution in [0.4, 0.5) is 4.39 Å². The quantitative estimate of drug-likeness (QED) is 0.905. The van der Waals surface area contributed by atoms with Crippen LogP contribution in [0.25, 0.3) is 0 Å². The lowest BCUT2D eigenvalue weighted by molar-refractivity contribution is -0.122. The van der Waals surface area contributed by atoms with Gasteiger partial charge in [-0.25, -0.2) is 9.07 Å². The van der Waals surface area contributed by atoms with Gasteiger partial charge >= 0.3 is 0 Å². The van der Waals surface area contributed by atoms with Gasteiger partial charge in [-0.2, -0.15) is 5.10 Å². The lowest BCUT2D eigenvalue weighted by atomic mass is 10.2. The number of aromatic nitrogens is 2. The van der Waals surface area contributed by atoms with Crippen molar-refractivity contribution in [2.24, 2.45) is 0 Å². The molecular formula is C14H14FN3O2. The average Bonchev–Trinajstić information content (AvgIpc) is 2.42. The highest BCUT2D eigenvalue weighted by Crippen LogP contribution is 2.01. The zero-order valence-corrected chi connectivity index (χ0v) is 11.0. The fourth-order valence-corrected chi connectivity index (χ4v) is 1.66. The highest BCUT2D eigenvalue weighted by atomic mass is 19.1. The molecule has 0 fully saturated rings. The lowest BCUT2D eigenvalue weighted by Gasteiger charge is -2.07. The second kappa shape index (κ2) is 6.10. The van der Waals surface area contributed by atoms with Gasteiger partial charge in [0.2, 0.25) is 5.91 Å². The molecule has 1 aromatic heterocycles. The molecule has 1 N–H and O–H groups in total. The summed E-state index contributed by atoms with van der Waals surface area (Å²) >= 11 is 0. The molecule has 0 radical (unpaired) electrons. The van der Waals surface area contributed by atoms with Crippen LogP contribution in [0.1, 0.15) is 11.3 Å². The number of amides is 1. The SMILES string of the molecule is Cc1ccc(=O)n(CC(=O)NCc2ccc(F)cc2)n1. The smallest absolute Gasteiger partial charge is 0.267 e. The van der Waals surface area contributed by atoms with Crippen LogP contribution >= 0.6 is 0 Å². The van der Waals surface area contributed by atoms with E-state index in [4.69, 9.17) is 0 Å². The van der Waals surface area contributed by atoms with Gasteiger partial charge in [-0.15, -0.1) is 0 Å². The molecule has 0 aliphatic rings. The van der Waals surface area contributed by atoms with Gasteiger partial charge in [0.1, 0.15) is 12.4 Å². The first-order valence-corrected chi connectivity index (χ1v) is 6.10. The van der Waals surface area contributed by atoms with E-state index in [1.54, 1.807) is 25.1 Å². The number of carbonyl (C=O) groups is 1. The van der Waals surface area contributed by atoms with Crippen LogP contribution in [-0.4, -0.2) is 15.7 Å². The van der Waals surface area contributed by atoms with Gasteiger partial charge in [0.05, 0.1) is 5.69 Å². The summed E-state index contributed by atoms with van der Waals surface area (Å²) in [6.45, 7) is 1.88. The van der Waals surface area contributed by atoms with Crippen LogP contribution in [0.5, 0.6) is 0 Å². The molecule has 1 aromatic carbocycles. The van der Waals surface area contributed by atoms with E-state index in [9.17, 15) is 14.0 Å². The molecule has 20 heavy (non-hydrogen) atoms. The number of nitrogens with one attached hydrogen (secondary N) is 1. The Morgan fingerprint density at radius 2 is 1.95 bits per heavy atom. The maximum absolute atomic E-state index is 12.7. The molecule has 0 atom stereocenters. The van der Waals surface area contributed by atoms with Gasteiger partial charge in [-0.05, 0) is 30.7 Å². The summed E-state index contributed by atoms with van der Waals surface area (Å²) in [7, 11) is 0. The van der Waals surface area contributed by atoms with Gasteiger partial charge in [0.15, 0.2) is 0 Å². The average molecular weight is 275 g/mol. The molecule has 1 heterocycles. The second-order valence-corrected chi connectivity index (χ2v) is 4.37. The molecule has 5 nitrogen and oxygen atoms in total. The fraction of sp³-hybridized carbons (Fsp3) is 0.214.